The molecule has 1 unspecified atom stereocenters. The van der Waals surface area contributed by atoms with Gasteiger partial charge < -0.3 is 15.4 Å². The Bertz CT molecular complexity index is 706. The molecule has 1 aliphatic rings. The number of methoxy groups -OCH3 is 1. The Morgan fingerprint density at radius 1 is 1.46 bits per heavy atom. The van der Waals surface area contributed by atoms with Crippen LogP contribution in [0.5, 0.6) is 5.75 Å². The zero-order valence-corrected chi connectivity index (χ0v) is 14.6. The van der Waals surface area contributed by atoms with Crippen molar-refractivity contribution in [1.29, 1.82) is 0 Å². The largest absolute Gasteiger partial charge is 0.497 e. The first-order valence-corrected chi connectivity index (χ1v) is 7.69. The van der Waals surface area contributed by atoms with Crippen LogP contribution in [0.4, 0.5) is 4.79 Å². The number of ether oxygens (including phenoxy) is 1. The molecule has 1 atom stereocenters. The second-order valence-electron chi connectivity index (χ2n) is 5.68. The van der Waals surface area contributed by atoms with Crippen LogP contribution in [0.15, 0.2) is 36.4 Å². The van der Waals surface area contributed by atoms with E-state index in [0.717, 1.165) is 10.6 Å². The highest BCUT2D eigenvalue weighted by atomic mass is 32.1. The summed E-state index contributed by atoms with van der Waals surface area (Å²) in [5, 5.41) is 6.58. The Morgan fingerprint density at radius 2 is 2.17 bits per heavy atom. The van der Waals surface area contributed by atoms with Gasteiger partial charge in [-0.1, -0.05) is 24.3 Å². The Hall–Kier alpha value is -2.61. The van der Waals surface area contributed by atoms with E-state index in [4.69, 9.17) is 17.0 Å². The SMILES string of the molecule is C=C(C)CNC(=S)NN1C(=O)NC(C)(c2cccc(OC)c2)C1=O. The second-order valence-corrected chi connectivity index (χ2v) is 6.09. The van der Waals surface area contributed by atoms with Gasteiger partial charge in [0.25, 0.3) is 5.91 Å². The predicted octanol–water partition coefficient (Wildman–Crippen LogP) is 1.42. The van der Waals surface area contributed by atoms with Crippen LogP contribution in [-0.2, 0) is 10.3 Å². The summed E-state index contributed by atoms with van der Waals surface area (Å²) in [6.07, 6.45) is 0. The molecular formula is C16H20N4O3S. The summed E-state index contributed by atoms with van der Waals surface area (Å²) in [6.45, 7) is 7.66. The Balaban J connectivity index is 2.18. The monoisotopic (exact) mass is 348 g/mol. The van der Waals surface area contributed by atoms with E-state index < -0.39 is 17.5 Å². The third kappa shape index (κ3) is 3.48. The van der Waals surface area contributed by atoms with E-state index in [2.05, 4.69) is 22.6 Å². The Morgan fingerprint density at radius 3 is 2.79 bits per heavy atom. The average Bonchev–Trinajstić information content (AvgIpc) is 2.77. The molecular weight excluding hydrogens is 328 g/mol. The molecule has 0 aliphatic carbocycles. The highest BCUT2D eigenvalue weighted by Gasteiger charge is 2.49. The van der Waals surface area contributed by atoms with Gasteiger partial charge in [-0.25, -0.2) is 4.79 Å². The Kier molecular flexibility index (Phi) is 5.08. The van der Waals surface area contributed by atoms with Crippen LogP contribution in [0.2, 0.25) is 0 Å². The fourth-order valence-electron chi connectivity index (χ4n) is 2.24. The molecule has 1 aromatic carbocycles. The Labute approximate surface area is 146 Å². The van der Waals surface area contributed by atoms with Crippen LogP contribution in [0.1, 0.15) is 19.4 Å². The number of hydrogen-bond donors (Lipinski definition) is 3. The van der Waals surface area contributed by atoms with Gasteiger partial charge in [0, 0.05) is 6.54 Å². The van der Waals surface area contributed by atoms with Gasteiger partial charge in [0.15, 0.2) is 5.11 Å². The van der Waals surface area contributed by atoms with Crippen LogP contribution in [0, 0.1) is 0 Å². The first-order chi connectivity index (χ1) is 11.3. The van der Waals surface area contributed by atoms with E-state index >= 15 is 0 Å². The molecule has 7 nitrogen and oxygen atoms in total. The molecule has 1 saturated heterocycles. The predicted molar refractivity (Wildman–Crippen MR) is 94.3 cm³/mol. The van der Waals surface area contributed by atoms with Gasteiger partial charge in [-0.15, -0.1) is 0 Å². The number of nitrogens with one attached hydrogen (secondary N) is 3. The van der Waals surface area contributed by atoms with Gasteiger partial charge in [-0.05, 0) is 43.8 Å². The molecule has 1 aliphatic heterocycles. The van der Waals surface area contributed by atoms with Gasteiger partial charge in [-0.2, -0.15) is 5.01 Å². The third-order valence-electron chi connectivity index (χ3n) is 3.60. The van der Waals surface area contributed by atoms with Crippen LogP contribution >= 0.6 is 12.2 Å². The number of urea groups is 1. The normalized spacial score (nSPS) is 19.7. The smallest absolute Gasteiger partial charge is 0.344 e. The molecule has 0 saturated carbocycles. The molecule has 1 aromatic rings. The van der Waals surface area contributed by atoms with Gasteiger partial charge in [0.2, 0.25) is 0 Å². The van der Waals surface area contributed by atoms with Gasteiger partial charge >= 0.3 is 6.03 Å². The fourth-order valence-corrected chi connectivity index (χ4v) is 2.41. The van der Waals surface area contributed by atoms with Crippen molar-refractivity contribution in [2.75, 3.05) is 13.7 Å². The minimum Gasteiger partial charge on any atom is -0.497 e. The summed E-state index contributed by atoms with van der Waals surface area (Å²) < 4.78 is 5.17. The van der Waals surface area contributed by atoms with Crippen molar-refractivity contribution in [2.45, 2.75) is 19.4 Å². The van der Waals surface area contributed by atoms with Crippen LogP contribution in [-0.4, -0.2) is 35.7 Å². The van der Waals surface area contributed by atoms with E-state index in [1.807, 2.05) is 6.92 Å². The molecule has 8 heteroatoms. The molecule has 0 radical (unpaired) electrons. The topological polar surface area (TPSA) is 82.7 Å². The van der Waals surface area contributed by atoms with Crippen molar-refractivity contribution >= 4 is 29.3 Å². The first kappa shape index (κ1) is 17.7. The number of benzene rings is 1. The molecule has 3 N–H and O–H groups in total. The van der Waals surface area contributed by atoms with E-state index in [0.29, 0.717) is 17.9 Å². The highest BCUT2D eigenvalue weighted by Crippen LogP contribution is 2.30. The molecule has 0 aromatic heterocycles. The molecule has 3 amide bonds. The zero-order chi connectivity index (χ0) is 17.9. The van der Waals surface area contributed by atoms with Crippen molar-refractivity contribution in [3.63, 3.8) is 0 Å². The average molecular weight is 348 g/mol. The highest BCUT2D eigenvalue weighted by molar-refractivity contribution is 7.80. The molecule has 1 heterocycles. The number of imide groups is 1. The minimum absolute atomic E-state index is 0.163. The van der Waals surface area contributed by atoms with Crippen molar-refractivity contribution in [3.8, 4) is 5.75 Å². The summed E-state index contributed by atoms with van der Waals surface area (Å²) in [4.78, 5) is 24.9. The molecule has 1 fully saturated rings. The second kappa shape index (κ2) is 6.88. The number of carbonyl (C=O) groups excluding carboxylic acids is 2. The van der Waals surface area contributed by atoms with Gasteiger partial charge in [-0.3, -0.25) is 10.2 Å². The standard InChI is InChI=1S/C16H20N4O3S/c1-10(2)9-17-14(24)19-20-13(21)16(3,18-15(20)22)11-6-5-7-12(8-11)23-4/h5-8H,1,9H2,2-4H3,(H,18,22)(H2,17,19,24). The minimum atomic E-state index is -1.21. The number of amides is 3. The molecule has 2 rings (SSSR count). The number of hydrogen-bond acceptors (Lipinski definition) is 4. The molecule has 128 valence electrons. The van der Waals surface area contributed by atoms with Crippen LogP contribution in [0.3, 0.4) is 0 Å². The van der Waals surface area contributed by atoms with Crippen molar-refractivity contribution in [2.24, 2.45) is 0 Å². The van der Waals surface area contributed by atoms with Gasteiger partial charge in [0.05, 0.1) is 7.11 Å². The summed E-state index contributed by atoms with van der Waals surface area (Å²) in [6, 6.07) is 6.40. The summed E-state index contributed by atoms with van der Waals surface area (Å²) in [7, 11) is 1.54. The maximum absolute atomic E-state index is 12.7. The summed E-state index contributed by atoms with van der Waals surface area (Å²) in [5.74, 6) is 0.140. The molecule has 0 spiro atoms. The van der Waals surface area contributed by atoms with Crippen molar-refractivity contribution in [3.05, 3.63) is 42.0 Å². The first-order valence-electron chi connectivity index (χ1n) is 7.28. The quantitative estimate of drug-likeness (QED) is 0.424. The van der Waals surface area contributed by atoms with E-state index in [9.17, 15) is 9.59 Å². The summed E-state index contributed by atoms with van der Waals surface area (Å²) in [5.41, 5.74) is 2.89. The molecule has 24 heavy (non-hydrogen) atoms. The lowest BCUT2D eigenvalue weighted by Gasteiger charge is -2.23. The molecule has 0 bridgehead atoms. The maximum Gasteiger partial charge on any atom is 0.344 e. The zero-order valence-electron chi connectivity index (χ0n) is 13.8. The van der Waals surface area contributed by atoms with E-state index in [1.165, 1.54) is 7.11 Å². The third-order valence-corrected chi connectivity index (χ3v) is 3.84. The number of nitrogens with zero attached hydrogens (tertiary/aromatic N) is 1. The van der Waals surface area contributed by atoms with Crippen molar-refractivity contribution in [1.82, 2.24) is 21.1 Å². The van der Waals surface area contributed by atoms with E-state index in [-0.39, 0.29) is 5.11 Å². The van der Waals surface area contributed by atoms with Crippen LogP contribution in [0.25, 0.3) is 0 Å². The number of rotatable bonds is 5. The lowest BCUT2D eigenvalue weighted by atomic mass is 9.92. The number of carbonyl (C=O) groups is 2. The van der Waals surface area contributed by atoms with E-state index in [1.54, 1.807) is 31.2 Å². The van der Waals surface area contributed by atoms with Crippen molar-refractivity contribution < 1.29 is 14.3 Å². The fraction of sp³-hybridized carbons (Fsp3) is 0.312. The number of thiocarbonyl (C=S) groups is 1. The van der Waals surface area contributed by atoms with Crippen LogP contribution < -0.4 is 20.8 Å². The van der Waals surface area contributed by atoms with Gasteiger partial charge in [0.1, 0.15) is 11.3 Å². The number of hydrazine groups is 1. The summed E-state index contributed by atoms with van der Waals surface area (Å²) >= 11 is 5.09. The lowest BCUT2D eigenvalue weighted by molar-refractivity contribution is -0.132. The maximum atomic E-state index is 12.7. The lowest BCUT2D eigenvalue weighted by Crippen LogP contribution is -2.51.